The van der Waals surface area contributed by atoms with Crippen LogP contribution in [0.4, 0.5) is 0 Å². The third-order valence-electron chi connectivity index (χ3n) is 3.21. The minimum atomic E-state index is 0.0235. The average molecular weight is 309 g/mol. The summed E-state index contributed by atoms with van der Waals surface area (Å²) in [5.41, 5.74) is 4.43. The normalized spacial score (nSPS) is 12.4. The van der Waals surface area contributed by atoms with E-state index < -0.39 is 0 Å². The lowest BCUT2D eigenvalue weighted by atomic mass is 9.99. The number of hydrogen-bond donors (Lipinski definition) is 1. The van der Waals surface area contributed by atoms with Crippen LogP contribution in [0.15, 0.2) is 30.5 Å². The molecule has 0 saturated carbocycles. The van der Waals surface area contributed by atoms with Gasteiger partial charge >= 0.3 is 0 Å². The topological polar surface area (TPSA) is 24.9 Å². The Morgan fingerprint density at radius 2 is 1.90 bits per heavy atom. The van der Waals surface area contributed by atoms with E-state index in [1.165, 1.54) is 5.56 Å². The molecule has 2 aromatic rings. The minimum Gasteiger partial charge on any atom is -0.305 e. The molecule has 2 nitrogen and oxygen atoms in total. The summed E-state index contributed by atoms with van der Waals surface area (Å²) in [4.78, 5) is 4.59. The van der Waals surface area contributed by atoms with Crippen LogP contribution in [-0.4, -0.2) is 11.5 Å². The molecule has 1 aromatic heterocycles. The Morgan fingerprint density at radius 1 is 1.15 bits per heavy atom. The number of pyridine rings is 1. The molecule has 1 atom stereocenters. The van der Waals surface area contributed by atoms with Gasteiger partial charge in [-0.25, -0.2) is 0 Å². The SMILES string of the molecule is CCNC(c1ccc(Cl)c(Cl)c1)c1ncc(C)cc1C. The molecule has 1 unspecified atom stereocenters. The zero-order valence-corrected chi connectivity index (χ0v) is 13.4. The van der Waals surface area contributed by atoms with Gasteiger partial charge in [0.05, 0.1) is 21.8 Å². The molecule has 0 aliphatic rings. The molecule has 0 amide bonds. The van der Waals surface area contributed by atoms with Crippen molar-refractivity contribution >= 4 is 23.2 Å². The highest BCUT2D eigenvalue weighted by molar-refractivity contribution is 6.42. The molecule has 0 aliphatic carbocycles. The maximum Gasteiger partial charge on any atom is 0.0754 e. The van der Waals surface area contributed by atoms with Crippen molar-refractivity contribution in [2.45, 2.75) is 26.8 Å². The Morgan fingerprint density at radius 3 is 2.50 bits per heavy atom. The first-order chi connectivity index (χ1) is 9.52. The fraction of sp³-hybridized carbons (Fsp3) is 0.312. The first kappa shape index (κ1) is 15.3. The number of aromatic nitrogens is 1. The van der Waals surface area contributed by atoms with E-state index in [0.29, 0.717) is 10.0 Å². The molecule has 0 bridgehead atoms. The lowest BCUT2D eigenvalue weighted by Crippen LogP contribution is -2.24. The van der Waals surface area contributed by atoms with Crippen LogP contribution in [-0.2, 0) is 0 Å². The van der Waals surface area contributed by atoms with E-state index in [1.807, 2.05) is 31.3 Å². The second-order valence-corrected chi connectivity index (χ2v) is 5.69. The van der Waals surface area contributed by atoms with Gasteiger partial charge in [-0.2, -0.15) is 0 Å². The fourth-order valence-electron chi connectivity index (χ4n) is 2.30. The number of nitrogens with zero attached hydrogens (tertiary/aromatic N) is 1. The van der Waals surface area contributed by atoms with Gasteiger partial charge in [0, 0.05) is 6.20 Å². The number of halogens is 2. The number of nitrogens with one attached hydrogen (secondary N) is 1. The van der Waals surface area contributed by atoms with Gasteiger partial charge in [-0.05, 0) is 49.2 Å². The van der Waals surface area contributed by atoms with Gasteiger partial charge in [-0.1, -0.05) is 42.3 Å². The van der Waals surface area contributed by atoms with E-state index in [1.54, 1.807) is 0 Å². The molecule has 0 aliphatic heterocycles. The predicted molar refractivity (Wildman–Crippen MR) is 85.7 cm³/mol. The fourth-order valence-corrected chi connectivity index (χ4v) is 2.60. The summed E-state index contributed by atoms with van der Waals surface area (Å²) in [6.45, 7) is 7.05. The quantitative estimate of drug-likeness (QED) is 0.885. The molecule has 0 fully saturated rings. The highest BCUT2D eigenvalue weighted by Crippen LogP contribution is 2.29. The van der Waals surface area contributed by atoms with Crippen molar-refractivity contribution < 1.29 is 0 Å². The van der Waals surface area contributed by atoms with Crippen molar-refractivity contribution in [3.8, 4) is 0 Å². The third kappa shape index (κ3) is 3.32. The Balaban J connectivity index is 2.47. The summed E-state index contributed by atoms with van der Waals surface area (Å²) in [7, 11) is 0. The zero-order chi connectivity index (χ0) is 14.7. The molecule has 106 valence electrons. The van der Waals surface area contributed by atoms with Crippen molar-refractivity contribution in [1.29, 1.82) is 0 Å². The molecule has 0 saturated heterocycles. The van der Waals surface area contributed by atoms with Crippen LogP contribution >= 0.6 is 23.2 Å². The van der Waals surface area contributed by atoms with E-state index in [4.69, 9.17) is 23.2 Å². The molecule has 4 heteroatoms. The van der Waals surface area contributed by atoms with E-state index in [-0.39, 0.29) is 6.04 Å². The lowest BCUT2D eigenvalue weighted by Gasteiger charge is -2.20. The van der Waals surface area contributed by atoms with Crippen molar-refractivity contribution in [3.63, 3.8) is 0 Å². The number of benzene rings is 1. The third-order valence-corrected chi connectivity index (χ3v) is 3.95. The zero-order valence-electron chi connectivity index (χ0n) is 11.9. The lowest BCUT2D eigenvalue weighted by molar-refractivity contribution is 0.611. The van der Waals surface area contributed by atoms with Gasteiger partial charge in [0.1, 0.15) is 0 Å². The smallest absolute Gasteiger partial charge is 0.0754 e. The van der Waals surface area contributed by atoms with Gasteiger partial charge in [0.15, 0.2) is 0 Å². The molecule has 2 rings (SSSR count). The first-order valence-electron chi connectivity index (χ1n) is 6.64. The van der Waals surface area contributed by atoms with E-state index >= 15 is 0 Å². The Labute approximate surface area is 130 Å². The molecular formula is C16H18Cl2N2. The van der Waals surface area contributed by atoms with E-state index in [9.17, 15) is 0 Å². The maximum atomic E-state index is 6.13. The Bertz CT molecular complexity index is 611. The highest BCUT2D eigenvalue weighted by Gasteiger charge is 2.17. The maximum absolute atomic E-state index is 6.13. The van der Waals surface area contributed by atoms with Gasteiger partial charge in [-0.3, -0.25) is 4.98 Å². The van der Waals surface area contributed by atoms with Gasteiger partial charge in [-0.15, -0.1) is 0 Å². The van der Waals surface area contributed by atoms with Crippen LogP contribution in [0.3, 0.4) is 0 Å². The molecule has 20 heavy (non-hydrogen) atoms. The van der Waals surface area contributed by atoms with Crippen LogP contribution in [0.5, 0.6) is 0 Å². The van der Waals surface area contributed by atoms with Crippen LogP contribution < -0.4 is 5.32 Å². The summed E-state index contributed by atoms with van der Waals surface area (Å²) < 4.78 is 0. The van der Waals surface area contributed by atoms with Crippen LogP contribution in [0, 0.1) is 13.8 Å². The summed E-state index contributed by atoms with van der Waals surface area (Å²) in [5.74, 6) is 0. The monoisotopic (exact) mass is 308 g/mol. The average Bonchev–Trinajstić information content (AvgIpc) is 2.40. The second-order valence-electron chi connectivity index (χ2n) is 4.88. The van der Waals surface area contributed by atoms with Gasteiger partial charge < -0.3 is 5.32 Å². The van der Waals surface area contributed by atoms with Crippen LogP contribution in [0.25, 0.3) is 0 Å². The molecule has 0 radical (unpaired) electrons. The Kier molecular flexibility index (Phi) is 5.03. The first-order valence-corrected chi connectivity index (χ1v) is 7.40. The number of aryl methyl sites for hydroxylation is 2. The van der Waals surface area contributed by atoms with E-state index in [2.05, 4.69) is 30.2 Å². The second kappa shape index (κ2) is 6.57. The van der Waals surface area contributed by atoms with Crippen molar-refractivity contribution in [2.75, 3.05) is 6.54 Å². The van der Waals surface area contributed by atoms with Gasteiger partial charge in [0.2, 0.25) is 0 Å². The largest absolute Gasteiger partial charge is 0.305 e. The van der Waals surface area contributed by atoms with Crippen LogP contribution in [0.1, 0.15) is 35.3 Å². The number of hydrogen-bond acceptors (Lipinski definition) is 2. The van der Waals surface area contributed by atoms with Crippen LogP contribution in [0.2, 0.25) is 10.0 Å². The minimum absolute atomic E-state index is 0.0235. The summed E-state index contributed by atoms with van der Waals surface area (Å²) in [5, 5.41) is 4.59. The summed E-state index contributed by atoms with van der Waals surface area (Å²) >= 11 is 12.1. The molecule has 0 spiro atoms. The summed E-state index contributed by atoms with van der Waals surface area (Å²) in [6.07, 6.45) is 1.89. The van der Waals surface area contributed by atoms with Crippen molar-refractivity contribution in [3.05, 3.63) is 62.9 Å². The van der Waals surface area contributed by atoms with E-state index in [0.717, 1.165) is 23.4 Å². The molecule has 1 N–H and O–H groups in total. The predicted octanol–water partition coefficient (Wildman–Crippen LogP) is 4.70. The molecule has 1 aromatic carbocycles. The van der Waals surface area contributed by atoms with Crippen molar-refractivity contribution in [2.24, 2.45) is 0 Å². The van der Waals surface area contributed by atoms with Crippen molar-refractivity contribution in [1.82, 2.24) is 10.3 Å². The molecular weight excluding hydrogens is 291 g/mol. The standard InChI is InChI=1S/C16H18Cl2N2/c1-4-19-16(12-5-6-13(17)14(18)8-12)15-11(3)7-10(2)9-20-15/h5-9,16,19H,4H2,1-3H3. The highest BCUT2D eigenvalue weighted by atomic mass is 35.5. The Hall–Kier alpha value is -1.09. The number of rotatable bonds is 4. The van der Waals surface area contributed by atoms with Gasteiger partial charge in [0.25, 0.3) is 0 Å². The summed E-state index contributed by atoms with van der Waals surface area (Å²) in [6, 6.07) is 7.88. The molecule has 1 heterocycles.